The van der Waals surface area contributed by atoms with Crippen LogP contribution in [0.1, 0.15) is 0 Å². The molecule has 3 rings (SSSR count). The zero-order chi connectivity index (χ0) is 19.9. The summed E-state index contributed by atoms with van der Waals surface area (Å²) < 4.78 is 30.6. The molecule has 150 valence electrons. The number of carbonyl (C=O) groups is 1. The SMILES string of the molecule is COc1cccc(N2CC[NH+](CC(=O)Nc3ccccc3SC(F)F)CC2)c1. The van der Waals surface area contributed by atoms with E-state index in [1.807, 2.05) is 18.2 Å². The van der Waals surface area contributed by atoms with Crippen molar-refractivity contribution in [2.24, 2.45) is 0 Å². The van der Waals surface area contributed by atoms with E-state index in [-0.39, 0.29) is 5.91 Å². The highest BCUT2D eigenvalue weighted by atomic mass is 32.2. The zero-order valence-corrected chi connectivity index (χ0v) is 16.5. The van der Waals surface area contributed by atoms with Crippen molar-refractivity contribution in [3.8, 4) is 5.75 Å². The first-order chi connectivity index (χ1) is 13.5. The Morgan fingerprint density at radius 1 is 1.21 bits per heavy atom. The first-order valence-corrected chi connectivity index (χ1v) is 9.99. The van der Waals surface area contributed by atoms with Gasteiger partial charge in [-0.15, -0.1) is 0 Å². The molecule has 2 N–H and O–H groups in total. The minimum absolute atomic E-state index is 0.160. The highest BCUT2D eigenvalue weighted by Crippen LogP contribution is 2.31. The number of nitrogens with one attached hydrogen (secondary N) is 2. The number of amides is 1. The summed E-state index contributed by atoms with van der Waals surface area (Å²) >= 11 is 0.442. The Morgan fingerprint density at radius 2 is 1.96 bits per heavy atom. The molecule has 1 amide bonds. The molecule has 1 saturated heterocycles. The minimum Gasteiger partial charge on any atom is -0.497 e. The third kappa shape index (κ3) is 5.59. The van der Waals surface area contributed by atoms with Crippen LogP contribution in [0.25, 0.3) is 0 Å². The average Bonchev–Trinajstić information content (AvgIpc) is 2.70. The fourth-order valence-electron chi connectivity index (χ4n) is 3.26. The van der Waals surface area contributed by atoms with Gasteiger partial charge in [-0.3, -0.25) is 4.79 Å². The van der Waals surface area contributed by atoms with Crippen LogP contribution in [-0.2, 0) is 4.79 Å². The van der Waals surface area contributed by atoms with Crippen molar-refractivity contribution in [2.75, 3.05) is 50.1 Å². The minimum atomic E-state index is -2.52. The molecule has 0 aliphatic carbocycles. The van der Waals surface area contributed by atoms with E-state index in [9.17, 15) is 13.6 Å². The molecule has 8 heteroatoms. The molecule has 1 heterocycles. The number of anilines is 2. The van der Waals surface area contributed by atoms with E-state index in [0.29, 0.717) is 28.9 Å². The second kappa shape index (κ2) is 9.75. The lowest BCUT2D eigenvalue weighted by molar-refractivity contribution is -0.892. The molecule has 1 fully saturated rings. The Kier molecular flexibility index (Phi) is 7.11. The fraction of sp³-hybridized carbons (Fsp3) is 0.350. The van der Waals surface area contributed by atoms with Gasteiger partial charge in [0.15, 0.2) is 6.54 Å². The Bertz CT molecular complexity index is 799. The number of hydrogen-bond donors (Lipinski definition) is 2. The van der Waals surface area contributed by atoms with Crippen LogP contribution in [-0.4, -0.2) is 51.5 Å². The molecule has 1 aliphatic rings. The molecule has 0 atom stereocenters. The zero-order valence-electron chi connectivity index (χ0n) is 15.7. The van der Waals surface area contributed by atoms with Crippen LogP contribution in [0.3, 0.4) is 0 Å². The summed E-state index contributed by atoms with van der Waals surface area (Å²) in [6, 6.07) is 14.6. The predicted molar refractivity (Wildman–Crippen MR) is 108 cm³/mol. The fourth-order valence-corrected chi connectivity index (χ4v) is 3.85. The quantitative estimate of drug-likeness (QED) is 0.691. The summed E-state index contributed by atoms with van der Waals surface area (Å²) in [6.07, 6.45) is 0. The summed E-state index contributed by atoms with van der Waals surface area (Å²) in [5, 5.41) is 2.78. The third-order valence-electron chi connectivity index (χ3n) is 4.68. The average molecular weight is 408 g/mol. The Labute approximate surface area is 167 Å². The number of nitrogens with zero attached hydrogens (tertiary/aromatic N) is 1. The van der Waals surface area contributed by atoms with Crippen LogP contribution in [0, 0.1) is 0 Å². The molecule has 28 heavy (non-hydrogen) atoms. The molecular weight excluding hydrogens is 384 g/mol. The maximum atomic E-state index is 12.7. The number of para-hydroxylation sites is 1. The first kappa shape index (κ1) is 20.4. The van der Waals surface area contributed by atoms with Crippen molar-refractivity contribution >= 4 is 29.0 Å². The molecule has 2 aromatic carbocycles. The Morgan fingerprint density at radius 3 is 2.68 bits per heavy atom. The second-order valence-corrected chi connectivity index (χ2v) is 7.57. The number of thioether (sulfide) groups is 1. The van der Waals surface area contributed by atoms with Gasteiger partial charge in [0.1, 0.15) is 5.75 Å². The van der Waals surface area contributed by atoms with E-state index in [1.54, 1.807) is 31.4 Å². The van der Waals surface area contributed by atoms with Gasteiger partial charge in [-0.2, -0.15) is 8.78 Å². The largest absolute Gasteiger partial charge is 0.497 e. The number of ether oxygens (including phenoxy) is 1. The van der Waals surface area contributed by atoms with Crippen molar-refractivity contribution in [1.82, 2.24) is 0 Å². The van der Waals surface area contributed by atoms with E-state index in [4.69, 9.17) is 4.74 Å². The number of hydrogen-bond acceptors (Lipinski definition) is 4. The Hall–Kier alpha value is -2.32. The van der Waals surface area contributed by atoms with Crippen LogP contribution in [0.2, 0.25) is 0 Å². The van der Waals surface area contributed by atoms with Gasteiger partial charge in [0.2, 0.25) is 0 Å². The maximum Gasteiger partial charge on any atom is 0.288 e. The number of piperazine rings is 1. The van der Waals surface area contributed by atoms with Crippen LogP contribution < -0.4 is 19.9 Å². The molecule has 1 aliphatic heterocycles. The normalized spacial score (nSPS) is 14.9. The van der Waals surface area contributed by atoms with Crippen LogP contribution in [0.15, 0.2) is 53.4 Å². The summed E-state index contributed by atoms with van der Waals surface area (Å²) in [5.74, 6) is -1.85. The molecule has 0 bridgehead atoms. The topological polar surface area (TPSA) is 46.0 Å². The number of benzene rings is 2. The van der Waals surface area contributed by atoms with Crippen LogP contribution >= 0.6 is 11.8 Å². The summed E-state index contributed by atoms with van der Waals surface area (Å²) in [4.78, 5) is 16.2. The number of rotatable bonds is 7. The van der Waals surface area contributed by atoms with E-state index < -0.39 is 5.76 Å². The van der Waals surface area contributed by atoms with Gasteiger partial charge in [-0.25, -0.2) is 0 Å². The number of methoxy groups -OCH3 is 1. The van der Waals surface area contributed by atoms with Crippen molar-refractivity contribution in [3.63, 3.8) is 0 Å². The first-order valence-electron chi connectivity index (χ1n) is 9.11. The van der Waals surface area contributed by atoms with Crippen molar-refractivity contribution < 1.29 is 23.2 Å². The van der Waals surface area contributed by atoms with Gasteiger partial charge >= 0.3 is 0 Å². The summed E-state index contributed by atoms with van der Waals surface area (Å²) in [7, 11) is 1.65. The summed E-state index contributed by atoms with van der Waals surface area (Å²) in [6.45, 7) is 3.66. The molecule has 0 aromatic heterocycles. The number of quaternary nitrogens is 1. The van der Waals surface area contributed by atoms with Gasteiger partial charge in [-0.1, -0.05) is 30.0 Å². The van der Waals surface area contributed by atoms with Gasteiger partial charge in [0, 0.05) is 16.6 Å². The highest BCUT2D eigenvalue weighted by molar-refractivity contribution is 7.99. The lowest BCUT2D eigenvalue weighted by Crippen LogP contribution is -3.15. The molecule has 0 unspecified atom stereocenters. The number of halogens is 2. The van der Waals surface area contributed by atoms with Crippen LogP contribution in [0.5, 0.6) is 5.75 Å². The molecule has 0 saturated carbocycles. The monoisotopic (exact) mass is 408 g/mol. The molecule has 0 radical (unpaired) electrons. The maximum absolute atomic E-state index is 12.7. The van der Waals surface area contributed by atoms with Gasteiger partial charge in [-0.05, 0) is 24.3 Å². The molecule has 0 spiro atoms. The van der Waals surface area contributed by atoms with Gasteiger partial charge in [0.25, 0.3) is 11.7 Å². The van der Waals surface area contributed by atoms with Crippen molar-refractivity contribution in [3.05, 3.63) is 48.5 Å². The van der Waals surface area contributed by atoms with Gasteiger partial charge < -0.3 is 19.9 Å². The molecular formula is C20H24F2N3O2S+. The van der Waals surface area contributed by atoms with Gasteiger partial charge in [0.05, 0.1) is 39.0 Å². The number of alkyl halides is 2. The lowest BCUT2D eigenvalue weighted by Gasteiger charge is -2.33. The molecule has 5 nitrogen and oxygen atoms in total. The Balaban J connectivity index is 1.51. The molecule has 2 aromatic rings. The smallest absolute Gasteiger partial charge is 0.288 e. The van der Waals surface area contributed by atoms with E-state index in [1.165, 1.54) is 4.90 Å². The third-order valence-corrected chi connectivity index (χ3v) is 5.46. The second-order valence-electron chi connectivity index (χ2n) is 6.54. The summed E-state index contributed by atoms with van der Waals surface area (Å²) in [5.41, 5.74) is 1.55. The lowest BCUT2D eigenvalue weighted by atomic mass is 10.2. The van der Waals surface area contributed by atoms with E-state index >= 15 is 0 Å². The number of carbonyl (C=O) groups excluding carboxylic acids is 1. The highest BCUT2D eigenvalue weighted by Gasteiger charge is 2.23. The standard InChI is InChI=1S/C20H23F2N3O2S/c1-27-16-6-4-5-15(13-16)25-11-9-24(10-12-25)14-19(26)23-17-7-2-3-8-18(17)28-20(21)22/h2-8,13,20H,9-12,14H2,1H3,(H,23,26)/p+1. The predicted octanol–water partition coefficient (Wildman–Crippen LogP) is 2.35. The van der Waals surface area contributed by atoms with E-state index in [2.05, 4.69) is 16.3 Å². The van der Waals surface area contributed by atoms with Crippen molar-refractivity contribution in [2.45, 2.75) is 10.7 Å². The van der Waals surface area contributed by atoms with E-state index in [0.717, 1.165) is 37.6 Å². The van der Waals surface area contributed by atoms with Crippen LogP contribution in [0.4, 0.5) is 20.2 Å². The van der Waals surface area contributed by atoms with Crippen molar-refractivity contribution in [1.29, 1.82) is 0 Å².